The summed E-state index contributed by atoms with van der Waals surface area (Å²) in [4.78, 5) is 4.59. The summed E-state index contributed by atoms with van der Waals surface area (Å²) in [7, 11) is 0. The molecule has 3 aromatic rings. The molecule has 0 fully saturated rings. The number of aromatic nitrogens is 3. The first kappa shape index (κ1) is 22.1. The molecule has 0 aliphatic rings. The zero-order valence-electron chi connectivity index (χ0n) is 16.3. The van der Waals surface area contributed by atoms with Gasteiger partial charge in [-0.1, -0.05) is 6.92 Å². The number of hydrogen-bond acceptors (Lipinski definition) is 4. The van der Waals surface area contributed by atoms with Gasteiger partial charge in [0, 0.05) is 37.0 Å². The predicted molar refractivity (Wildman–Crippen MR) is 119 cm³/mol. The fourth-order valence-corrected chi connectivity index (χ4v) is 2.92. The highest BCUT2D eigenvalue weighted by Crippen LogP contribution is 2.26. The quantitative estimate of drug-likeness (QED) is 0.296. The summed E-state index contributed by atoms with van der Waals surface area (Å²) in [5, 5.41) is 15.3. The van der Waals surface area contributed by atoms with Gasteiger partial charge in [0.05, 0.1) is 0 Å². The first-order valence-corrected chi connectivity index (χ1v) is 9.18. The Labute approximate surface area is 180 Å². The molecule has 0 unspecified atom stereocenters. The van der Waals surface area contributed by atoms with Crippen LogP contribution < -0.4 is 10.6 Å². The molecule has 0 aliphatic carbocycles. The van der Waals surface area contributed by atoms with Gasteiger partial charge in [0.25, 0.3) is 0 Å². The van der Waals surface area contributed by atoms with E-state index >= 15 is 0 Å². The minimum Gasteiger partial charge on any atom is -0.459 e. The van der Waals surface area contributed by atoms with E-state index in [2.05, 4.69) is 32.7 Å². The molecule has 2 heterocycles. The molecule has 0 saturated carbocycles. The van der Waals surface area contributed by atoms with Crippen molar-refractivity contribution in [2.45, 2.75) is 40.3 Å². The minimum absolute atomic E-state index is 0. The lowest BCUT2D eigenvalue weighted by Crippen LogP contribution is -2.38. The van der Waals surface area contributed by atoms with Crippen molar-refractivity contribution in [3.63, 3.8) is 0 Å². The van der Waals surface area contributed by atoms with Gasteiger partial charge in [0.2, 0.25) is 0 Å². The number of aryl methyl sites for hydroxylation is 2. The van der Waals surface area contributed by atoms with Crippen molar-refractivity contribution >= 4 is 40.9 Å². The fraction of sp³-hybridized carbons (Fsp3) is 0.421. The number of guanidine groups is 1. The van der Waals surface area contributed by atoms with Gasteiger partial charge in [-0.15, -0.1) is 34.2 Å². The topological polar surface area (TPSA) is 80.3 Å². The van der Waals surface area contributed by atoms with Crippen molar-refractivity contribution in [3.05, 3.63) is 47.5 Å². The monoisotopic (exact) mass is 500 g/mol. The average Bonchev–Trinajstić information content (AvgIpc) is 3.24. The van der Waals surface area contributed by atoms with Crippen molar-refractivity contribution < 1.29 is 8.81 Å². The molecule has 0 bridgehead atoms. The number of furan rings is 1. The largest absolute Gasteiger partial charge is 0.459 e. The molecule has 1 aromatic carbocycles. The molecule has 9 heteroatoms. The second kappa shape index (κ2) is 10.4. The number of rotatable bonds is 7. The Balaban J connectivity index is 0.00000280. The normalized spacial score (nSPS) is 11.5. The molecule has 2 N–H and O–H groups in total. The Hall–Kier alpha value is -2.17. The van der Waals surface area contributed by atoms with Gasteiger partial charge < -0.3 is 19.6 Å². The van der Waals surface area contributed by atoms with Crippen LogP contribution in [0.15, 0.2) is 33.9 Å². The summed E-state index contributed by atoms with van der Waals surface area (Å²) >= 11 is 0. The van der Waals surface area contributed by atoms with Gasteiger partial charge >= 0.3 is 0 Å². The third kappa shape index (κ3) is 5.21. The van der Waals surface area contributed by atoms with Crippen LogP contribution in [0.3, 0.4) is 0 Å². The van der Waals surface area contributed by atoms with E-state index in [1.54, 1.807) is 12.4 Å². The van der Waals surface area contributed by atoms with Crippen LogP contribution in [-0.2, 0) is 19.5 Å². The van der Waals surface area contributed by atoms with Crippen molar-refractivity contribution in [2.75, 3.05) is 13.1 Å². The van der Waals surface area contributed by atoms with E-state index in [1.165, 1.54) is 12.1 Å². The van der Waals surface area contributed by atoms with Crippen LogP contribution in [-0.4, -0.2) is 33.8 Å². The molecule has 7 nitrogen and oxygen atoms in total. The molecule has 0 aliphatic heterocycles. The SMILES string of the molecule is CCNC(=NCc1oc2ccc(F)cc2c1C)NCCn1cnnc1CC.I. The second-order valence-corrected chi connectivity index (χ2v) is 6.21. The number of benzene rings is 1. The third-order valence-electron chi connectivity index (χ3n) is 4.38. The summed E-state index contributed by atoms with van der Waals surface area (Å²) in [6.45, 7) is 8.58. The molecule has 0 saturated heterocycles. The van der Waals surface area contributed by atoms with E-state index in [1.807, 2.05) is 18.4 Å². The van der Waals surface area contributed by atoms with E-state index in [-0.39, 0.29) is 29.8 Å². The van der Waals surface area contributed by atoms with Crippen LogP contribution >= 0.6 is 24.0 Å². The number of fused-ring (bicyclic) bond motifs is 1. The van der Waals surface area contributed by atoms with Crippen molar-refractivity contribution in [1.29, 1.82) is 0 Å². The summed E-state index contributed by atoms with van der Waals surface area (Å²) in [6.07, 6.45) is 2.58. The van der Waals surface area contributed by atoms with Crippen LogP contribution in [0.5, 0.6) is 0 Å². The van der Waals surface area contributed by atoms with Crippen LogP contribution in [0.1, 0.15) is 31.0 Å². The smallest absolute Gasteiger partial charge is 0.191 e. The summed E-state index contributed by atoms with van der Waals surface area (Å²) in [5.74, 6) is 2.13. The van der Waals surface area contributed by atoms with Crippen LogP contribution in [0.25, 0.3) is 11.0 Å². The van der Waals surface area contributed by atoms with Crippen molar-refractivity contribution in [3.8, 4) is 0 Å². The number of nitrogens with one attached hydrogen (secondary N) is 2. The molecule has 3 rings (SSSR count). The van der Waals surface area contributed by atoms with Gasteiger partial charge in [-0.2, -0.15) is 0 Å². The van der Waals surface area contributed by atoms with Gasteiger partial charge in [-0.3, -0.25) is 0 Å². The highest BCUT2D eigenvalue weighted by Gasteiger charge is 2.11. The third-order valence-corrected chi connectivity index (χ3v) is 4.38. The van der Waals surface area contributed by atoms with Gasteiger partial charge in [-0.05, 0) is 32.0 Å². The second-order valence-electron chi connectivity index (χ2n) is 6.21. The molecule has 0 spiro atoms. The summed E-state index contributed by atoms with van der Waals surface area (Å²) in [5.41, 5.74) is 1.60. The zero-order valence-corrected chi connectivity index (χ0v) is 18.7. The lowest BCUT2D eigenvalue weighted by atomic mass is 10.1. The van der Waals surface area contributed by atoms with Crippen LogP contribution in [0.4, 0.5) is 4.39 Å². The van der Waals surface area contributed by atoms with Crippen molar-refractivity contribution in [2.24, 2.45) is 4.99 Å². The highest BCUT2D eigenvalue weighted by atomic mass is 127. The van der Waals surface area contributed by atoms with E-state index in [0.717, 1.165) is 42.0 Å². The van der Waals surface area contributed by atoms with E-state index < -0.39 is 0 Å². The fourth-order valence-electron chi connectivity index (χ4n) is 2.92. The summed E-state index contributed by atoms with van der Waals surface area (Å²) < 4.78 is 21.3. The van der Waals surface area contributed by atoms with E-state index in [4.69, 9.17) is 4.42 Å². The molecule has 2 aromatic heterocycles. The Morgan fingerprint density at radius 3 is 2.86 bits per heavy atom. The maximum absolute atomic E-state index is 13.5. The molecular weight excluding hydrogens is 474 g/mol. The van der Waals surface area contributed by atoms with E-state index in [9.17, 15) is 4.39 Å². The molecule has 0 radical (unpaired) electrons. The Bertz CT molecular complexity index is 936. The molecular formula is C19H26FIN6O. The van der Waals surface area contributed by atoms with Crippen LogP contribution in [0.2, 0.25) is 0 Å². The van der Waals surface area contributed by atoms with Gasteiger partial charge in [0.1, 0.15) is 35.9 Å². The predicted octanol–water partition coefficient (Wildman–Crippen LogP) is 3.41. The Morgan fingerprint density at radius 2 is 2.11 bits per heavy atom. The van der Waals surface area contributed by atoms with Gasteiger partial charge in [0.15, 0.2) is 5.96 Å². The molecule has 152 valence electrons. The molecule has 28 heavy (non-hydrogen) atoms. The number of aliphatic imine (C=N–C) groups is 1. The lowest BCUT2D eigenvalue weighted by Gasteiger charge is -2.12. The number of nitrogens with zero attached hydrogens (tertiary/aromatic N) is 4. The first-order chi connectivity index (χ1) is 13.1. The first-order valence-electron chi connectivity index (χ1n) is 9.18. The minimum atomic E-state index is -0.267. The standard InChI is InChI=1S/C19H25FN6O.HI/c1-4-18-25-24-12-26(18)9-8-22-19(21-5-2)23-11-17-13(3)15-10-14(20)6-7-16(15)27-17;/h6-7,10,12H,4-5,8-9,11H2,1-3H3,(H2,21,22,23);1H. The Kier molecular flexibility index (Phi) is 8.21. The van der Waals surface area contributed by atoms with Gasteiger partial charge in [-0.25, -0.2) is 9.38 Å². The Morgan fingerprint density at radius 1 is 1.29 bits per heavy atom. The molecule has 0 atom stereocenters. The van der Waals surface area contributed by atoms with E-state index in [0.29, 0.717) is 24.6 Å². The average molecular weight is 500 g/mol. The van der Waals surface area contributed by atoms with Crippen LogP contribution in [0, 0.1) is 12.7 Å². The maximum atomic E-state index is 13.5. The number of hydrogen-bond donors (Lipinski definition) is 2. The summed E-state index contributed by atoms with van der Waals surface area (Å²) in [6, 6.07) is 4.55. The van der Waals surface area contributed by atoms with Crippen molar-refractivity contribution in [1.82, 2.24) is 25.4 Å². The highest BCUT2D eigenvalue weighted by molar-refractivity contribution is 14.0. The zero-order chi connectivity index (χ0) is 19.2. The molecule has 0 amide bonds. The maximum Gasteiger partial charge on any atom is 0.191 e. The number of halogens is 2. The lowest BCUT2D eigenvalue weighted by molar-refractivity contribution is 0.546.